The Kier molecular flexibility index (Phi) is 1.77. The summed E-state index contributed by atoms with van der Waals surface area (Å²) >= 11 is 0. The molecule has 4 heteroatoms. The predicted octanol–water partition coefficient (Wildman–Crippen LogP) is 0.115. The summed E-state index contributed by atoms with van der Waals surface area (Å²) in [6, 6.07) is 0.296. The van der Waals surface area contributed by atoms with Crippen molar-refractivity contribution in [3.63, 3.8) is 0 Å². The van der Waals surface area contributed by atoms with E-state index in [4.69, 9.17) is 4.74 Å². The van der Waals surface area contributed by atoms with E-state index in [-0.39, 0.29) is 12.0 Å². The highest BCUT2D eigenvalue weighted by Crippen LogP contribution is 2.32. The molecule has 2 fully saturated rings. The number of hydrogen-bond acceptors (Lipinski definition) is 3. The maximum Gasteiger partial charge on any atom is 0.220 e. The van der Waals surface area contributed by atoms with Crippen molar-refractivity contribution >= 4 is 5.91 Å². The number of ether oxygens (including phenoxy) is 1. The smallest absolute Gasteiger partial charge is 0.220 e. The molecule has 76 valence electrons. The van der Waals surface area contributed by atoms with Gasteiger partial charge in [0, 0.05) is 24.6 Å². The van der Waals surface area contributed by atoms with E-state index in [0.717, 1.165) is 12.8 Å². The summed E-state index contributed by atoms with van der Waals surface area (Å²) in [5.41, 5.74) is 1.22. The molecular weight excluding hydrogens is 180 g/mol. The van der Waals surface area contributed by atoms with Crippen LogP contribution in [-0.4, -0.2) is 24.8 Å². The van der Waals surface area contributed by atoms with Crippen molar-refractivity contribution in [2.24, 2.45) is 5.92 Å². The van der Waals surface area contributed by atoms with Gasteiger partial charge in [-0.05, 0) is 12.3 Å². The number of rotatable bonds is 0. The second kappa shape index (κ2) is 2.98. The third kappa shape index (κ3) is 1.21. The molecular formula is C10H14N2O2. The molecule has 0 aromatic carbocycles. The Bertz CT molecular complexity index is 300. The van der Waals surface area contributed by atoms with Crippen LogP contribution in [0.25, 0.3) is 0 Å². The number of carbonyl (C=O) groups is 1. The van der Waals surface area contributed by atoms with Crippen molar-refractivity contribution in [2.45, 2.75) is 31.4 Å². The van der Waals surface area contributed by atoms with Crippen LogP contribution >= 0.6 is 0 Å². The molecule has 3 unspecified atom stereocenters. The maximum absolute atomic E-state index is 11.2. The molecule has 4 nitrogen and oxygen atoms in total. The van der Waals surface area contributed by atoms with Crippen LogP contribution in [0, 0.1) is 5.92 Å². The number of nitrogens with one attached hydrogen (secondary N) is 2. The molecule has 14 heavy (non-hydrogen) atoms. The summed E-state index contributed by atoms with van der Waals surface area (Å²) in [6.07, 6.45) is 5.00. The highest BCUT2D eigenvalue weighted by molar-refractivity contribution is 5.77. The van der Waals surface area contributed by atoms with Crippen molar-refractivity contribution in [3.8, 4) is 0 Å². The van der Waals surface area contributed by atoms with Gasteiger partial charge in [-0.15, -0.1) is 0 Å². The lowest BCUT2D eigenvalue weighted by atomic mass is 9.81. The normalized spacial score (nSPS) is 40.4. The number of hydrogen-bond donors (Lipinski definition) is 2. The fourth-order valence-electron chi connectivity index (χ4n) is 2.57. The fourth-order valence-corrected chi connectivity index (χ4v) is 2.57. The molecule has 3 rings (SSSR count). The van der Waals surface area contributed by atoms with Crippen LogP contribution in [-0.2, 0) is 9.53 Å². The van der Waals surface area contributed by atoms with E-state index in [9.17, 15) is 4.79 Å². The van der Waals surface area contributed by atoms with Gasteiger partial charge in [0.25, 0.3) is 0 Å². The number of fused-ring (bicyclic) bond motifs is 2. The van der Waals surface area contributed by atoms with E-state index in [1.54, 1.807) is 0 Å². The lowest BCUT2D eigenvalue weighted by Crippen LogP contribution is -2.48. The second-order valence-corrected chi connectivity index (χ2v) is 4.21. The largest absolute Gasteiger partial charge is 0.364 e. The number of piperidine rings is 1. The molecule has 0 aromatic heterocycles. The highest BCUT2D eigenvalue weighted by Gasteiger charge is 2.37. The van der Waals surface area contributed by atoms with Gasteiger partial charge in [0.1, 0.15) is 12.8 Å². The summed E-state index contributed by atoms with van der Waals surface area (Å²) in [4.78, 5) is 11.2. The molecule has 3 atom stereocenters. The first-order valence-electron chi connectivity index (χ1n) is 5.19. The third-order valence-electron chi connectivity index (χ3n) is 3.34. The van der Waals surface area contributed by atoms with Crippen LogP contribution < -0.4 is 10.6 Å². The van der Waals surface area contributed by atoms with E-state index in [2.05, 4.69) is 16.7 Å². The summed E-state index contributed by atoms with van der Waals surface area (Å²) < 4.78 is 5.51. The Hall–Kier alpha value is -1.03. The zero-order valence-electron chi connectivity index (χ0n) is 7.95. The molecule has 3 aliphatic rings. The monoisotopic (exact) mass is 194 g/mol. The Morgan fingerprint density at radius 2 is 2.43 bits per heavy atom. The van der Waals surface area contributed by atoms with E-state index in [1.807, 2.05) is 0 Å². The highest BCUT2D eigenvalue weighted by atomic mass is 16.5. The Morgan fingerprint density at radius 3 is 3.36 bits per heavy atom. The van der Waals surface area contributed by atoms with Gasteiger partial charge in [-0.25, -0.2) is 0 Å². The van der Waals surface area contributed by atoms with Crippen LogP contribution in [0.5, 0.6) is 0 Å². The van der Waals surface area contributed by atoms with Gasteiger partial charge in [0.15, 0.2) is 0 Å². The molecule has 2 aliphatic heterocycles. The van der Waals surface area contributed by atoms with Gasteiger partial charge < -0.3 is 15.4 Å². The third-order valence-corrected chi connectivity index (χ3v) is 3.34. The minimum atomic E-state index is 0.189. The van der Waals surface area contributed by atoms with Crippen LogP contribution in [0.2, 0.25) is 0 Å². The van der Waals surface area contributed by atoms with Crippen molar-refractivity contribution in [2.75, 3.05) is 6.73 Å². The van der Waals surface area contributed by atoms with E-state index in [0.29, 0.717) is 25.1 Å². The van der Waals surface area contributed by atoms with Gasteiger partial charge in [-0.2, -0.15) is 0 Å². The summed E-state index contributed by atoms with van der Waals surface area (Å²) in [7, 11) is 0. The summed E-state index contributed by atoms with van der Waals surface area (Å²) in [6.45, 7) is 0.615. The molecule has 2 heterocycles. The van der Waals surface area contributed by atoms with Crippen molar-refractivity contribution in [1.82, 2.24) is 10.6 Å². The number of carbonyl (C=O) groups excluding carboxylic acids is 1. The van der Waals surface area contributed by atoms with Crippen LogP contribution in [0.3, 0.4) is 0 Å². The minimum Gasteiger partial charge on any atom is -0.364 e. The van der Waals surface area contributed by atoms with Crippen molar-refractivity contribution < 1.29 is 9.53 Å². The molecule has 0 aromatic rings. The van der Waals surface area contributed by atoms with Crippen LogP contribution in [0.15, 0.2) is 11.8 Å². The Balaban J connectivity index is 1.83. The molecule has 1 amide bonds. The van der Waals surface area contributed by atoms with Crippen molar-refractivity contribution in [1.29, 1.82) is 0 Å². The predicted molar refractivity (Wildman–Crippen MR) is 50.2 cm³/mol. The molecule has 1 aliphatic carbocycles. The van der Waals surface area contributed by atoms with Gasteiger partial charge in [0.05, 0.1) is 0 Å². The zero-order valence-corrected chi connectivity index (χ0v) is 7.95. The fraction of sp³-hybridized carbons (Fsp3) is 0.700. The van der Waals surface area contributed by atoms with Crippen LogP contribution in [0.1, 0.15) is 19.3 Å². The molecule has 0 spiro atoms. The second-order valence-electron chi connectivity index (χ2n) is 4.21. The SMILES string of the molecule is O=C1CCC2C=C3NCOC3CC2N1. The minimum absolute atomic E-state index is 0.189. The first-order valence-corrected chi connectivity index (χ1v) is 5.19. The maximum atomic E-state index is 11.2. The Morgan fingerprint density at radius 1 is 1.50 bits per heavy atom. The standard InChI is InChI=1S/C10H14N2O2/c13-10-2-1-6-3-8-9(14-5-11-8)4-7(6)12-10/h3,6-7,9,11H,1-2,4-5H2,(H,12,13). The first kappa shape index (κ1) is 8.29. The van der Waals surface area contributed by atoms with E-state index >= 15 is 0 Å². The topological polar surface area (TPSA) is 50.4 Å². The molecule has 0 bridgehead atoms. The molecule has 2 saturated heterocycles. The lowest BCUT2D eigenvalue weighted by Gasteiger charge is -2.35. The lowest BCUT2D eigenvalue weighted by molar-refractivity contribution is -0.124. The molecule has 2 N–H and O–H groups in total. The summed E-state index contributed by atoms with van der Waals surface area (Å²) in [5.74, 6) is 0.696. The number of amides is 1. The van der Waals surface area contributed by atoms with E-state index in [1.165, 1.54) is 5.70 Å². The quantitative estimate of drug-likeness (QED) is 0.575. The van der Waals surface area contributed by atoms with Gasteiger partial charge in [-0.1, -0.05) is 6.08 Å². The Labute approximate surface area is 82.7 Å². The van der Waals surface area contributed by atoms with Crippen molar-refractivity contribution in [3.05, 3.63) is 11.8 Å². The van der Waals surface area contributed by atoms with E-state index < -0.39 is 0 Å². The van der Waals surface area contributed by atoms with Crippen LogP contribution in [0.4, 0.5) is 0 Å². The molecule has 0 radical (unpaired) electrons. The summed E-state index contributed by atoms with van der Waals surface area (Å²) in [5, 5.41) is 6.27. The zero-order chi connectivity index (χ0) is 9.54. The average Bonchev–Trinajstić information content (AvgIpc) is 2.61. The molecule has 0 saturated carbocycles. The van der Waals surface area contributed by atoms with Gasteiger partial charge in [-0.3, -0.25) is 4.79 Å². The average molecular weight is 194 g/mol. The first-order chi connectivity index (χ1) is 6.83. The van der Waals surface area contributed by atoms with Gasteiger partial charge >= 0.3 is 0 Å². The van der Waals surface area contributed by atoms with Gasteiger partial charge in [0.2, 0.25) is 5.91 Å².